The van der Waals surface area contributed by atoms with E-state index in [9.17, 15) is 18.4 Å². The number of benzene rings is 2. The lowest BCUT2D eigenvalue weighted by Gasteiger charge is -2.15. The molecule has 0 saturated heterocycles. The van der Waals surface area contributed by atoms with Crippen LogP contribution in [0.25, 0.3) is 11.0 Å². The summed E-state index contributed by atoms with van der Waals surface area (Å²) in [5.74, 6) is -0.484. The second-order valence-corrected chi connectivity index (χ2v) is 6.41. The quantitative estimate of drug-likeness (QED) is 0.368. The molecule has 3 aromatic rings. The lowest BCUT2D eigenvalue weighted by Crippen LogP contribution is -2.15. The average Bonchev–Trinajstić information content (AvgIpc) is 2.72. The van der Waals surface area contributed by atoms with Crippen LogP contribution in [0.2, 0.25) is 0 Å². The molecule has 0 fully saturated rings. The van der Waals surface area contributed by atoms with E-state index in [0.717, 1.165) is 10.9 Å². The van der Waals surface area contributed by atoms with Gasteiger partial charge in [-0.25, -0.2) is 9.59 Å². The summed E-state index contributed by atoms with van der Waals surface area (Å²) in [4.78, 5) is 23.6. The minimum Gasteiger partial charge on any atom is -0.490 e. The molecule has 0 unspecified atom stereocenters. The largest absolute Gasteiger partial charge is 0.490 e. The van der Waals surface area contributed by atoms with Crippen molar-refractivity contribution in [3.05, 3.63) is 64.0 Å². The van der Waals surface area contributed by atoms with E-state index >= 15 is 0 Å². The first-order valence-corrected chi connectivity index (χ1v) is 9.39. The van der Waals surface area contributed by atoms with Crippen molar-refractivity contribution in [2.24, 2.45) is 0 Å². The normalized spacial score (nSPS) is 10.9. The first kappa shape index (κ1) is 22.1. The zero-order valence-electron chi connectivity index (χ0n) is 16.9. The zero-order valence-corrected chi connectivity index (χ0v) is 16.9. The Morgan fingerprint density at radius 3 is 2.68 bits per heavy atom. The summed E-state index contributed by atoms with van der Waals surface area (Å²) in [6.45, 7) is -0.0633. The van der Waals surface area contributed by atoms with Crippen molar-refractivity contribution in [2.75, 3.05) is 13.2 Å². The zero-order chi connectivity index (χ0) is 22.4. The number of hydrogen-bond acceptors (Lipinski definition) is 7. The molecule has 164 valence electrons. The van der Waals surface area contributed by atoms with E-state index in [4.69, 9.17) is 18.6 Å². The topological polar surface area (TPSA) is 84.2 Å². The first-order valence-electron chi connectivity index (χ1n) is 9.39. The molecule has 7 nitrogen and oxygen atoms in total. The van der Waals surface area contributed by atoms with Crippen LogP contribution in [0.3, 0.4) is 0 Å². The number of esters is 1. The number of carbonyl (C=O) groups excluding carboxylic acids is 1. The molecular formula is C22H20F2O7. The first-order chi connectivity index (χ1) is 14.9. The molecule has 0 spiro atoms. The smallest absolute Gasteiger partial charge is 0.387 e. The maximum atomic E-state index is 12.8. The maximum absolute atomic E-state index is 12.8. The molecule has 0 aliphatic carbocycles. The third-order valence-corrected chi connectivity index (χ3v) is 4.24. The summed E-state index contributed by atoms with van der Waals surface area (Å²) in [6, 6.07) is 10.8. The van der Waals surface area contributed by atoms with Crippen molar-refractivity contribution >= 4 is 16.9 Å². The van der Waals surface area contributed by atoms with Gasteiger partial charge in [-0.05, 0) is 37.6 Å². The van der Waals surface area contributed by atoms with Crippen LogP contribution < -0.4 is 19.8 Å². The van der Waals surface area contributed by atoms with E-state index < -0.39 is 24.8 Å². The van der Waals surface area contributed by atoms with Gasteiger partial charge in [0.05, 0.1) is 6.61 Å². The highest BCUT2D eigenvalue weighted by Gasteiger charge is 2.17. The van der Waals surface area contributed by atoms with Crippen LogP contribution in [0.4, 0.5) is 8.78 Å². The Labute approximate surface area is 176 Å². The summed E-state index contributed by atoms with van der Waals surface area (Å²) in [6.07, 6.45) is 0. The van der Waals surface area contributed by atoms with Gasteiger partial charge in [-0.3, -0.25) is 0 Å². The van der Waals surface area contributed by atoms with Crippen LogP contribution in [0.15, 0.2) is 51.7 Å². The number of carbonyl (C=O) groups is 1. The molecule has 0 radical (unpaired) electrons. The fourth-order valence-corrected chi connectivity index (χ4v) is 2.90. The molecular weight excluding hydrogens is 414 g/mol. The number of para-hydroxylation sites is 1. The summed E-state index contributed by atoms with van der Waals surface area (Å²) < 4.78 is 51.0. The predicted octanol–water partition coefficient (Wildman–Crippen LogP) is 4.22. The van der Waals surface area contributed by atoms with Gasteiger partial charge in [0.15, 0.2) is 18.1 Å². The fraction of sp³-hybridized carbons (Fsp3) is 0.273. The Hall–Kier alpha value is -3.62. The highest BCUT2D eigenvalue weighted by atomic mass is 19.3. The lowest BCUT2D eigenvalue weighted by molar-refractivity contribution is -0.147. The van der Waals surface area contributed by atoms with Gasteiger partial charge >= 0.3 is 18.2 Å². The fourth-order valence-electron chi connectivity index (χ4n) is 2.90. The van der Waals surface area contributed by atoms with Crippen LogP contribution in [0, 0.1) is 6.92 Å². The molecule has 0 aliphatic heterocycles. The minimum absolute atomic E-state index is 0.126. The number of aryl methyl sites for hydroxylation is 1. The van der Waals surface area contributed by atoms with Gasteiger partial charge in [0.25, 0.3) is 0 Å². The van der Waals surface area contributed by atoms with E-state index in [2.05, 4.69) is 4.74 Å². The molecule has 0 N–H and O–H groups in total. The van der Waals surface area contributed by atoms with Gasteiger partial charge in [0.1, 0.15) is 17.9 Å². The second-order valence-electron chi connectivity index (χ2n) is 6.41. The van der Waals surface area contributed by atoms with E-state index in [1.165, 1.54) is 24.3 Å². The standard InChI is InChI=1S/C22H20F2O7/c1-3-27-17-6-4-5-14(21(17)31-22(23)24)11-29-20(26)12-28-15-7-8-16-13(2)9-19(25)30-18(16)10-15/h4-10,22H,3,11-12H2,1-2H3. The Balaban J connectivity index is 1.64. The third-order valence-electron chi connectivity index (χ3n) is 4.24. The Morgan fingerprint density at radius 1 is 1.13 bits per heavy atom. The molecule has 0 amide bonds. The summed E-state index contributed by atoms with van der Waals surface area (Å²) in [5.41, 5.74) is 0.825. The SMILES string of the molecule is CCOc1cccc(COC(=O)COc2ccc3c(C)cc(=O)oc3c2)c1OC(F)F. The average molecular weight is 434 g/mol. The van der Waals surface area contributed by atoms with Crippen LogP contribution in [-0.2, 0) is 16.1 Å². The van der Waals surface area contributed by atoms with Gasteiger partial charge in [0.2, 0.25) is 0 Å². The van der Waals surface area contributed by atoms with Crippen molar-refractivity contribution in [1.29, 1.82) is 0 Å². The third kappa shape index (κ3) is 5.71. The molecule has 0 atom stereocenters. The second kappa shape index (κ2) is 9.92. The van der Waals surface area contributed by atoms with Crippen molar-refractivity contribution in [3.63, 3.8) is 0 Å². The Bertz CT molecular complexity index is 1120. The van der Waals surface area contributed by atoms with Crippen LogP contribution >= 0.6 is 0 Å². The molecule has 1 heterocycles. The predicted molar refractivity (Wildman–Crippen MR) is 107 cm³/mol. The minimum atomic E-state index is -3.06. The van der Waals surface area contributed by atoms with E-state index in [0.29, 0.717) is 11.3 Å². The van der Waals surface area contributed by atoms with Crippen LogP contribution in [0.1, 0.15) is 18.1 Å². The number of halogens is 2. The molecule has 0 aliphatic rings. The highest BCUT2D eigenvalue weighted by Crippen LogP contribution is 2.33. The molecule has 0 saturated carbocycles. The van der Waals surface area contributed by atoms with Crippen LogP contribution in [-0.4, -0.2) is 25.8 Å². The van der Waals surface area contributed by atoms with Crippen LogP contribution in [0.5, 0.6) is 17.2 Å². The van der Waals surface area contributed by atoms with Crippen molar-refractivity contribution in [1.82, 2.24) is 0 Å². The summed E-state index contributed by atoms with van der Waals surface area (Å²) in [5, 5.41) is 0.746. The molecule has 1 aromatic heterocycles. The number of hydrogen-bond donors (Lipinski definition) is 0. The lowest BCUT2D eigenvalue weighted by atomic mass is 10.1. The Morgan fingerprint density at radius 2 is 1.94 bits per heavy atom. The van der Waals surface area contributed by atoms with Gasteiger partial charge < -0.3 is 23.4 Å². The van der Waals surface area contributed by atoms with Crippen molar-refractivity contribution < 1.29 is 36.9 Å². The van der Waals surface area contributed by atoms with Gasteiger partial charge in [-0.2, -0.15) is 8.78 Å². The Kier molecular flexibility index (Phi) is 7.07. The summed E-state index contributed by atoms with van der Waals surface area (Å²) in [7, 11) is 0. The molecule has 31 heavy (non-hydrogen) atoms. The van der Waals surface area contributed by atoms with E-state index in [1.54, 1.807) is 32.0 Å². The monoisotopic (exact) mass is 434 g/mol. The highest BCUT2D eigenvalue weighted by molar-refractivity contribution is 5.81. The molecule has 9 heteroatoms. The van der Waals surface area contributed by atoms with Gasteiger partial charge in [-0.15, -0.1) is 0 Å². The molecule has 3 rings (SSSR count). The van der Waals surface area contributed by atoms with E-state index in [-0.39, 0.29) is 30.3 Å². The van der Waals surface area contributed by atoms with E-state index in [1.807, 2.05) is 0 Å². The van der Waals surface area contributed by atoms with Gasteiger partial charge in [-0.1, -0.05) is 12.1 Å². The molecule has 0 bridgehead atoms. The summed E-state index contributed by atoms with van der Waals surface area (Å²) >= 11 is 0. The number of rotatable bonds is 9. The number of fused-ring (bicyclic) bond motifs is 1. The van der Waals surface area contributed by atoms with Crippen molar-refractivity contribution in [3.8, 4) is 17.2 Å². The van der Waals surface area contributed by atoms with Crippen molar-refractivity contribution in [2.45, 2.75) is 27.1 Å². The number of alkyl halides is 2. The molecule has 2 aromatic carbocycles. The van der Waals surface area contributed by atoms with Gasteiger partial charge in [0, 0.05) is 23.1 Å². The maximum Gasteiger partial charge on any atom is 0.387 e. The number of ether oxygens (including phenoxy) is 4.